The molecule has 1 rings (SSSR count). The molecule has 0 spiro atoms. The first-order chi connectivity index (χ1) is 5.92. The smallest absolute Gasteiger partial charge is 0.309 e. The number of carboxylic acids is 1. The van der Waals surface area contributed by atoms with E-state index in [1.807, 2.05) is 6.92 Å². The van der Waals surface area contributed by atoms with Crippen molar-refractivity contribution in [3.05, 3.63) is 0 Å². The van der Waals surface area contributed by atoms with Crippen LogP contribution in [0.25, 0.3) is 0 Å². The number of hydrogen-bond acceptors (Lipinski definition) is 2. The van der Waals surface area contributed by atoms with Crippen LogP contribution < -0.4 is 0 Å². The van der Waals surface area contributed by atoms with Crippen LogP contribution in [0.2, 0.25) is 0 Å². The van der Waals surface area contributed by atoms with Crippen molar-refractivity contribution in [1.82, 2.24) is 0 Å². The van der Waals surface area contributed by atoms with Crippen LogP contribution >= 0.6 is 0 Å². The summed E-state index contributed by atoms with van der Waals surface area (Å²) in [6.07, 6.45) is 3.11. The van der Waals surface area contributed by atoms with Gasteiger partial charge in [-0.05, 0) is 40.0 Å². The van der Waals surface area contributed by atoms with Gasteiger partial charge in [-0.25, -0.2) is 0 Å². The second-order valence-electron chi connectivity index (χ2n) is 4.54. The van der Waals surface area contributed by atoms with E-state index >= 15 is 0 Å². The van der Waals surface area contributed by atoms with E-state index < -0.39 is 11.4 Å². The zero-order chi connectivity index (χ0) is 10.1. The highest BCUT2D eigenvalue weighted by Crippen LogP contribution is 2.30. The fourth-order valence-corrected chi connectivity index (χ4v) is 1.69. The lowest BCUT2D eigenvalue weighted by molar-refractivity contribution is -0.149. The second-order valence-corrected chi connectivity index (χ2v) is 4.54. The standard InChI is InChI=1S/C10H18O3/c1-7-4-5-8(13-7)6-10(2,3)9(11)12/h7-8H,4-6H2,1-3H3,(H,11,12). The van der Waals surface area contributed by atoms with E-state index in [1.165, 1.54) is 0 Å². The van der Waals surface area contributed by atoms with E-state index in [4.69, 9.17) is 9.84 Å². The maximum atomic E-state index is 10.8. The summed E-state index contributed by atoms with van der Waals surface area (Å²) >= 11 is 0. The molecular weight excluding hydrogens is 168 g/mol. The Morgan fingerprint density at radius 2 is 2.15 bits per heavy atom. The van der Waals surface area contributed by atoms with Gasteiger partial charge >= 0.3 is 5.97 Å². The summed E-state index contributed by atoms with van der Waals surface area (Å²) in [5.41, 5.74) is -0.658. The maximum absolute atomic E-state index is 10.8. The number of ether oxygens (including phenoxy) is 1. The van der Waals surface area contributed by atoms with Crippen LogP contribution in [-0.2, 0) is 9.53 Å². The number of carboxylic acid groups (broad SMARTS) is 1. The Kier molecular flexibility index (Phi) is 2.96. The van der Waals surface area contributed by atoms with Gasteiger partial charge in [0.25, 0.3) is 0 Å². The van der Waals surface area contributed by atoms with Crippen molar-refractivity contribution in [2.45, 2.75) is 52.2 Å². The second kappa shape index (κ2) is 3.66. The SMILES string of the molecule is CC1CCC(CC(C)(C)C(=O)O)O1. The average molecular weight is 186 g/mol. The van der Waals surface area contributed by atoms with Gasteiger partial charge in [0.15, 0.2) is 0 Å². The molecule has 0 amide bonds. The lowest BCUT2D eigenvalue weighted by Gasteiger charge is -2.22. The van der Waals surface area contributed by atoms with Crippen molar-refractivity contribution in [3.63, 3.8) is 0 Å². The molecular formula is C10H18O3. The largest absolute Gasteiger partial charge is 0.481 e. The quantitative estimate of drug-likeness (QED) is 0.733. The van der Waals surface area contributed by atoms with Crippen LogP contribution in [0.3, 0.4) is 0 Å². The van der Waals surface area contributed by atoms with Crippen molar-refractivity contribution in [2.75, 3.05) is 0 Å². The predicted octanol–water partition coefficient (Wildman–Crippen LogP) is 2.05. The summed E-state index contributed by atoms with van der Waals surface area (Å²) in [6.45, 7) is 5.54. The van der Waals surface area contributed by atoms with Crippen LogP contribution in [0.4, 0.5) is 0 Å². The van der Waals surface area contributed by atoms with E-state index in [-0.39, 0.29) is 6.10 Å². The fraction of sp³-hybridized carbons (Fsp3) is 0.900. The topological polar surface area (TPSA) is 46.5 Å². The molecule has 1 N–H and O–H groups in total. The lowest BCUT2D eigenvalue weighted by Crippen LogP contribution is -2.28. The van der Waals surface area contributed by atoms with Gasteiger partial charge in [-0.2, -0.15) is 0 Å². The van der Waals surface area contributed by atoms with Crippen molar-refractivity contribution >= 4 is 5.97 Å². The predicted molar refractivity (Wildman–Crippen MR) is 49.6 cm³/mol. The van der Waals surface area contributed by atoms with Crippen LogP contribution in [0.1, 0.15) is 40.0 Å². The molecule has 3 nitrogen and oxygen atoms in total. The summed E-state index contributed by atoms with van der Waals surface area (Å²) < 4.78 is 5.58. The summed E-state index contributed by atoms with van der Waals surface area (Å²) in [5, 5.41) is 8.91. The van der Waals surface area contributed by atoms with Crippen LogP contribution in [-0.4, -0.2) is 23.3 Å². The minimum atomic E-state index is -0.740. The van der Waals surface area contributed by atoms with Gasteiger partial charge in [0.2, 0.25) is 0 Å². The highest BCUT2D eigenvalue weighted by Gasteiger charge is 2.33. The van der Waals surface area contributed by atoms with Gasteiger partial charge in [0.05, 0.1) is 17.6 Å². The van der Waals surface area contributed by atoms with Gasteiger partial charge in [-0.15, -0.1) is 0 Å². The molecule has 76 valence electrons. The summed E-state index contributed by atoms with van der Waals surface area (Å²) in [5.74, 6) is -0.740. The third-order valence-electron chi connectivity index (χ3n) is 2.64. The molecule has 1 heterocycles. The van der Waals surface area contributed by atoms with Crippen LogP contribution in [0.5, 0.6) is 0 Å². The zero-order valence-corrected chi connectivity index (χ0v) is 8.54. The molecule has 0 saturated carbocycles. The minimum Gasteiger partial charge on any atom is -0.481 e. The van der Waals surface area contributed by atoms with Crippen LogP contribution in [0, 0.1) is 5.41 Å². The molecule has 0 bridgehead atoms. The molecule has 1 fully saturated rings. The van der Waals surface area contributed by atoms with E-state index in [1.54, 1.807) is 13.8 Å². The summed E-state index contributed by atoms with van der Waals surface area (Å²) in [7, 11) is 0. The Balaban J connectivity index is 2.44. The summed E-state index contributed by atoms with van der Waals surface area (Å²) in [4.78, 5) is 10.8. The Bertz CT molecular complexity index is 198. The molecule has 13 heavy (non-hydrogen) atoms. The van der Waals surface area contributed by atoms with Crippen LogP contribution in [0.15, 0.2) is 0 Å². The molecule has 0 radical (unpaired) electrons. The van der Waals surface area contributed by atoms with Gasteiger partial charge in [-0.1, -0.05) is 0 Å². The number of carbonyl (C=O) groups is 1. The molecule has 0 aromatic carbocycles. The fourth-order valence-electron chi connectivity index (χ4n) is 1.69. The molecule has 1 aliphatic rings. The molecule has 1 saturated heterocycles. The Morgan fingerprint density at radius 3 is 2.54 bits per heavy atom. The molecule has 0 aromatic rings. The van der Waals surface area contributed by atoms with Crippen molar-refractivity contribution in [2.24, 2.45) is 5.41 Å². The summed E-state index contributed by atoms with van der Waals surface area (Å²) in [6, 6.07) is 0. The highest BCUT2D eigenvalue weighted by atomic mass is 16.5. The van der Waals surface area contributed by atoms with Gasteiger partial charge in [-0.3, -0.25) is 4.79 Å². The first-order valence-corrected chi connectivity index (χ1v) is 4.80. The van der Waals surface area contributed by atoms with E-state index in [2.05, 4.69) is 0 Å². The van der Waals surface area contributed by atoms with Crippen molar-refractivity contribution in [1.29, 1.82) is 0 Å². The Morgan fingerprint density at radius 1 is 1.54 bits per heavy atom. The molecule has 3 heteroatoms. The molecule has 2 atom stereocenters. The van der Waals surface area contributed by atoms with Crippen molar-refractivity contribution in [3.8, 4) is 0 Å². The third kappa shape index (κ3) is 2.69. The van der Waals surface area contributed by atoms with E-state index in [0.717, 1.165) is 12.8 Å². The van der Waals surface area contributed by atoms with Gasteiger partial charge in [0.1, 0.15) is 0 Å². The number of aliphatic carboxylic acids is 1. The maximum Gasteiger partial charge on any atom is 0.309 e. The van der Waals surface area contributed by atoms with E-state index in [9.17, 15) is 4.79 Å². The number of hydrogen-bond donors (Lipinski definition) is 1. The highest BCUT2D eigenvalue weighted by molar-refractivity contribution is 5.73. The van der Waals surface area contributed by atoms with Gasteiger partial charge in [0, 0.05) is 0 Å². The minimum absolute atomic E-state index is 0.140. The monoisotopic (exact) mass is 186 g/mol. The molecule has 0 aliphatic carbocycles. The Hall–Kier alpha value is -0.570. The first-order valence-electron chi connectivity index (χ1n) is 4.80. The lowest BCUT2D eigenvalue weighted by atomic mass is 9.86. The normalized spacial score (nSPS) is 29.2. The Labute approximate surface area is 79.1 Å². The van der Waals surface area contributed by atoms with Gasteiger partial charge < -0.3 is 9.84 Å². The molecule has 0 aromatic heterocycles. The molecule has 1 aliphatic heterocycles. The average Bonchev–Trinajstić information content (AvgIpc) is 2.34. The molecule has 2 unspecified atom stereocenters. The number of rotatable bonds is 3. The first kappa shape index (κ1) is 10.5. The van der Waals surface area contributed by atoms with E-state index in [0.29, 0.717) is 12.5 Å². The van der Waals surface area contributed by atoms with Crippen molar-refractivity contribution < 1.29 is 14.6 Å². The third-order valence-corrected chi connectivity index (χ3v) is 2.64. The zero-order valence-electron chi connectivity index (χ0n) is 8.54.